The van der Waals surface area contributed by atoms with Crippen molar-refractivity contribution in [2.24, 2.45) is 5.41 Å². The zero-order valence-corrected chi connectivity index (χ0v) is 17.2. The Bertz CT molecular complexity index is 843. The first-order chi connectivity index (χ1) is 13.5. The normalized spacial score (nSPS) is 22.4. The third-order valence-corrected chi connectivity index (χ3v) is 6.53. The second-order valence-electron chi connectivity index (χ2n) is 8.72. The van der Waals surface area contributed by atoms with Crippen molar-refractivity contribution in [3.05, 3.63) is 59.2 Å². The minimum Gasteiger partial charge on any atom is -0.339 e. The van der Waals surface area contributed by atoms with Gasteiger partial charge in [-0.25, -0.2) is 9.97 Å². The van der Waals surface area contributed by atoms with Crippen LogP contribution in [0.3, 0.4) is 0 Å². The predicted molar refractivity (Wildman–Crippen MR) is 110 cm³/mol. The van der Waals surface area contributed by atoms with E-state index >= 15 is 0 Å². The highest BCUT2D eigenvalue weighted by Crippen LogP contribution is 2.44. The van der Waals surface area contributed by atoms with Gasteiger partial charge in [-0.2, -0.15) is 0 Å². The Morgan fingerprint density at radius 3 is 2.54 bits per heavy atom. The van der Waals surface area contributed by atoms with Crippen LogP contribution in [0.2, 0.25) is 0 Å². The highest BCUT2D eigenvalue weighted by atomic mass is 16.2. The van der Waals surface area contributed by atoms with Crippen molar-refractivity contribution in [1.82, 2.24) is 19.8 Å². The van der Waals surface area contributed by atoms with Crippen molar-refractivity contribution < 1.29 is 4.79 Å². The van der Waals surface area contributed by atoms with Gasteiger partial charge in [0.25, 0.3) is 5.91 Å². The molecule has 0 unspecified atom stereocenters. The summed E-state index contributed by atoms with van der Waals surface area (Å²) in [4.78, 5) is 26.1. The number of amides is 1. The van der Waals surface area contributed by atoms with Crippen molar-refractivity contribution >= 4 is 5.91 Å². The molecule has 2 fully saturated rings. The molecule has 1 atom stereocenters. The van der Waals surface area contributed by atoms with Gasteiger partial charge in [-0.15, -0.1) is 0 Å². The van der Waals surface area contributed by atoms with E-state index in [1.807, 2.05) is 18.7 Å². The van der Waals surface area contributed by atoms with E-state index in [0.29, 0.717) is 22.7 Å². The lowest BCUT2D eigenvalue weighted by Gasteiger charge is -2.49. The number of carbonyl (C=O) groups is 1. The van der Waals surface area contributed by atoms with Crippen LogP contribution >= 0.6 is 0 Å². The zero-order chi connectivity index (χ0) is 19.7. The summed E-state index contributed by atoms with van der Waals surface area (Å²) in [5.74, 6) is 1.37. The first kappa shape index (κ1) is 19.1. The summed E-state index contributed by atoms with van der Waals surface area (Å²) < 4.78 is 0. The summed E-state index contributed by atoms with van der Waals surface area (Å²) in [6.45, 7) is 7.64. The molecular formula is C23H30N4O. The lowest BCUT2D eigenvalue weighted by Crippen LogP contribution is -2.51. The molecule has 0 N–H and O–H groups in total. The van der Waals surface area contributed by atoms with Gasteiger partial charge in [0.2, 0.25) is 0 Å². The predicted octanol–water partition coefficient (Wildman–Crippen LogP) is 3.44. The molecule has 148 valence electrons. The van der Waals surface area contributed by atoms with Gasteiger partial charge in [-0.1, -0.05) is 30.3 Å². The van der Waals surface area contributed by atoms with Crippen LogP contribution in [0.25, 0.3) is 0 Å². The summed E-state index contributed by atoms with van der Waals surface area (Å²) in [7, 11) is 2.24. The van der Waals surface area contributed by atoms with Gasteiger partial charge in [0.15, 0.2) is 0 Å². The van der Waals surface area contributed by atoms with E-state index in [0.717, 1.165) is 44.7 Å². The van der Waals surface area contributed by atoms with Gasteiger partial charge in [0.1, 0.15) is 5.82 Å². The maximum Gasteiger partial charge on any atom is 0.257 e. The topological polar surface area (TPSA) is 49.3 Å². The number of carbonyl (C=O) groups excluding carboxylic acids is 1. The van der Waals surface area contributed by atoms with Crippen molar-refractivity contribution in [2.75, 3.05) is 33.2 Å². The quantitative estimate of drug-likeness (QED) is 0.803. The lowest BCUT2D eigenvalue weighted by atomic mass is 9.68. The number of hydrogen-bond donors (Lipinski definition) is 0. The fourth-order valence-electron chi connectivity index (χ4n) is 5.12. The van der Waals surface area contributed by atoms with Gasteiger partial charge in [-0.3, -0.25) is 4.79 Å². The van der Waals surface area contributed by atoms with Crippen LogP contribution in [-0.4, -0.2) is 58.9 Å². The zero-order valence-electron chi connectivity index (χ0n) is 17.2. The molecule has 28 heavy (non-hydrogen) atoms. The molecule has 1 aromatic carbocycles. The van der Waals surface area contributed by atoms with Crippen molar-refractivity contribution in [2.45, 2.75) is 39.0 Å². The van der Waals surface area contributed by atoms with E-state index in [9.17, 15) is 4.79 Å². The Labute approximate surface area is 167 Å². The highest BCUT2D eigenvalue weighted by Gasteiger charge is 2.42. The molecule has 2 aromatic rings. The smallest absolute Gasteiger partial charge is 0.257 e. The molecule has 1 spiro atoms. The molecule has 1 amide bonds. The number of likely N-dealkylation sites (N-methyl/N-ethyl adjacent to an activating group) is 1. The molecule has 2 aliphatic rings. The Hall–Kier alpha value is -2.27. The number of hydrogen-bond acceptors (Lipinski definition) is 4. The van der Waals surface area contributed by atoms with Crippen LogP contribution in [-0.2, 0) is 0 Å². The molecule has 0 aliphatic carbocycles. The van der Waals surface area contributed by atoms with Gasteiger partial charge in [0, 0.05) is 32.4 Å². The van der Waals surface area contributed by atoms with E-state index in [-0.39, 0.29) is 5.91 Å². The summed E-state index contributed by atoms with van der Waals surface area (Å²) in [5, 5.41) is 0. The van der Waals surface area contributed by atoms with Gasteiger partial charge in [-0.05, 0) is 57.1 Å². The molecule has 2 aliphatic heterocycles. The van der Waals surface area contributed by atoms with E-state index in [4.69, 9.17) is 0 Å². The minimum absolute atomic E-state index is 0.0797. The fourth-order valence-corrected chi connectivity index (χ4v) is 5.12. The standard InChI is InChI=1S/C23H30N4O/c1-17-21(14-24-18(2)25-17)22(28)27-11-9-23(10-12-27)13-20(15-26(3)16-23)19-7-5-4-6-8-19/h4-8,14,20H,9-13,15-16H2,1-3H3/t20-/m1/s1. The summed E-state index contributed by atoms with van der Waals surface area (Å²) in [5.41, 5.74) is 3.17. The second kappa shape index (κ2) is 7.63. The molecule has 5 heteroatoms. The molecule has 2 saturated heterocycles. The van der Waals surface area contributed by atoms with Crippen molar-refractivity contribution in [1.29, 1.82) is 0 Å². The molecule has 1 aromatic heterocycles. The van der Waals surface area contributed by atoms with Crippen LogP contribution in [0.15, 0.2) is 36.5 Å². The minimum atomic E-state index is 0.0797. The Kier molecular flexibility index (Phi) is 5.19. The van der Waals surface area contributed by atoms with E-state index in [1.165, 1.54) is 12.0 Å². The highest BCUT2D eigenvalue weighted by molar-refractivity contribution is 5.95. The molecular weight excluding hydrogens is 348 g/mol. The van der Waals surface area contributed by atoms with Crippen molar-refractivity contribution in [3.8, 4) is 0 Å². The summed E-state index contributed by atoms with van der Waals surface area (Å²) >= 11 is 0. The Morgan fingerprint density at radius 1 is 1.14 bits per heavy atom. The first-order valence-electron chi connectivity index (χ1n) is 10.3. The van der Waals surface area contributed by atoms with E-state index in [2.05, 4.69) is 52.2 Å². The average Bonchev–Trinajstić information content (AvgIpc) is 2.68. The fraction of sp³-hybridized carbons (Fsp3) is 0.522. The Morgan fingerprint density at radius 2 is 1.86 bits per heavy atom. The maximum atomic E-state index is 13.0. The molecule has 5 nitrogen and oxygen atoms in total. The number of benzene rings is 1. The lowest BCUT2D eigenvalue weighted by molar-refractivity contribution is 0.0224. The first-order valence-corrected chi connectivity index (χ1v) is 10.3. The Balaban J connectivity index is 1.45. The largest absolute Gasteiger partial charge is 0.339 e. The SMILES string of the molecule is Cc1ncc(C(=O)N2CCC3(CC2)C[C@@H](c2ccccc2)CN(C)C3)c(C)n1. The number of aryl methyl sites for hydroxylation is 2. The molecule has 0 saturated carbocycles. The third kappa shape index (κ3) is 3.81. The van der Waals surface area contributed by atoms with Gasteiger partial charge < -0.3 is 9.80 Å². The number of rotatable bonds is 2. The summed E-state index contributed by atoms with van der Waals surface area (Å²) in [6.07, 6.45) is 5.04. The maximum absolute atomic E-state index is 13.0. The van der Waals surface area contributed by atoms with Crippen LogP contribution in [0.1, 0.15) is 52.6 Å². The molecule has 0 radical (unpaired) electrons. The van der Waals surface area contributed by atoms with Crippen molar-refractivity contribution in [3.63, 3.8) is 0 Å². The third-order valence-electron chi connectivity index (χ3n) is 6.53. The van der Waals surface area contributed by atoms with E-state index < -0.39 is 0 Å². The van der Waals surface area contributed by atoms with Crippen LogP contribution in [0.4, 0.5) is 0 Å². The number of nitrogens with zero attached hydrogens (tertiary/aromatic N) is 4. The number of piperidine rings is 2. The summed E-state index contributed by atoms with van der Waals surface area (Å²) in [6, 6.07) is 10.9. The van der Waals surface area contributed by atoms with Crippen LogP contribution in [0.5, 0.6) is 0 Å². The van der Waals surface area contributed by atoms with Gasteiger partial charge in [0.05, 0.1) is 11.3 Å². The molecule has 0 bridgehead atoms. The van der Waals surface area contributed by atoms with E-state index in [1.54, 1.807) is 6.20 Å². The second-order valence-corrected chi connectivity index (χ2v) is 8.72. The number of aromatic nitrogens is 2. The monoisotopic (exact) mass is 378 g/mol. The van der Waals surface area contributed by atoms with Gasteiger partial charge >= 0.3 is 0 Å². The number of likely N-dealkylation sites (tertiary alicyclic amines) is 2. The average molecular weight is 379 g/mol. The van der Waals surface area contributed by atoms with Crippen LogP contribution < -0.4 is 0 Å². The molecule has 3 heterocycles. The molecule has 4 rings (SSSR count). The van der Waals surface area contributed by atoms with Crippen LogP contribution in [0, 0.1) is 19.3 Å².